The van der Waals surface area contributed by atoms with Gasteiger partial charge < -0.3 is 10.1 Å². The van der Waals surface area contributed by atoms with E-state index in [0.29, 0.717) is 5.92 Å². The van der Waals surface area contributed by atoms with Crippen LogP contribution in [-0.4, -0.2) is 36.7 Å². The molecule has 2 bridgehead atoms. The van der Waals surface area contributed by atoms with Crippen molar-refractivity contribution in [3.8, 4) is 11.1 Å². The lowest BCUT2D eigenvalue weighted by Crippen LogP contribution is -2.53. The van der Waals surface area contributed by atoms with Crippen molar-refractivity contribution in [1.82, 2.24) is 10.2 Å². The monoisotopic (exact) mass is 446 g/mol. The van der Waals surface area contributed by atoms with Gasteiger partial charge in [0.2, 0.25) is 0 Å². The number of benzene rings is 2. The Labute approximate surface area is 198 Å². The van der Waals surface area contributed by atoms with Gasteiger partial charge in [-0.25, -0.2) is 4.79 Å². The number of piperidine rings is 3. The maximum Gasteiger partial charge on any atom is 0.407 e. The summed E-state index contributed by atoms with van der Waals surface area (Å²) in [6.45, 7) is 14.4. The van der Waals surface area contributed by atoms with Crippen molar-refractivity contribution in [2.45, 2.75) is 71.4 Å². The number of carbonyl (C=O) groups is 1. The molecule has 2 atom stereocenters. The maximum atomic E-state index is 12.9. The van der Waals surface area contributed by atoms with E-state index in [4.69, 9.17) is 4.74 Å². The highest BCUT2D eigenvalue weighted by Gasteiger charge is 2.42. The van der Waals surface area contributed by atoms with E-state index in [0.717, 1.165) is 38.9 Å². The minimum absolute atomic E-state index is 0.0314. The molecule has 33 heavy (non-hydrogen) atoms. The summed E-state index contributed by atoms with van der Waals surface area (Å²) in [5, 5.41) is 3.24. The minimum Gasteiger partial charge on any atom is -0.445 e. The molecule has 4 nitrogen and oxygen atoms in total. The van der Waals surface area contributed by atoms with E-state index in [1.54, 1.807) is 0 Å². The van der Waals surface area contributed by atoms with E-state index in [2.05, 4.69) is 87.3 Å². The molecule has 2 aromatic carbocycles. The second kappa shape index (κ2) is 8.16. The summed E-state index contributed by atoms with van der Waals surface area (Å²) in [5.41, 5.74) is 6.46. The van der Waals surface area contributed by atoms with Gasteiger partial charge in [0, 0.05) is 6.54 Å². The third kappa shape index (κ3) is 4.42. The Kier molecular flexibility index (Phi) is 5.55. The lowest BCUT2D eigenvalue weighted by Gasteiger charge is -2.44. The number of nitrogens with one attached hydrogen (secondary N) is 1. The SMILES string of the molecule is CC(C)(C)c1cccc(-c2ccc3c(c2)CC(C)(C)C3NC(=O)O[C@@H]2CN3CCC2CC3)c1. The molecule has 4 heteroatoms. The Morgan fingerprint density at radius 1 is 1.06 bits per heavy atom. The van der Waals surface area contributed by atoms with E-state index in [9.17, 15) is 4.79 Å². The molecule has 176 valence electrons. The van der Waals surface area contributed by atoms with Gasteiger partial charge >= 0.3 is 6.09 Å². The van der Waals surface area contributed by atoms with Crippen LogP contribution in [0.5, 0.6) is 0 Å². The van der Waals surface area contributed by atoms with E-state index in [-0.39, 0.29) is 29.1 Å². The summed E-state index contributed by atoms with van der Waals surface area (Å²) in [5.74, 6) is 0.524. The van der Waals surface area contributed by atoms with Crippen LogP contribution in [0.25, 0.3) is 11.1 Å². The fourth-order valence-corrected chi connectivity index (χ4v) is 6.01. The van der Waals surface area contributed by atoms with Crippen molar-refractivity contribution in [3.05, 3.63) is 59.2 Å². The van der Waals surface area contributed by atoms with Crippen LogP contribution in [0.15, 0.2) is 42.5 Å². The van der Waals surface area contributed by atoms with Gasteiger partial charge in [-0.3, -0.25) is 4.90 Å². The summed E-state index contributed by atoms with van der Waals surface area (Å²) in [6.07, 6.45) is 3.01. The molecule has 1 amide bonds. The van der Waals surface area contributed by atoms with Gasteiger partial charge in [0.1, 0.15) is 6.10 Å². The van der Waals surface area contributed by atoms with Crippen LogP contribution in [0, 0.1) is 11.3 Å². The first-order valence-electron chi connectivity index (χ1n) is 12.5. The normalized spacial score (nSPS) is 27.8. The number of ether oxygens (including phenoxy) is 1. The van der Waals surface area contributed by atoms with Crippen molar-refractivity contribution in [2.24, 2.45) is 11.3 Å². The zero-order chi connectivity index (χ0) is 23.4. The first-order chi connectivity index (χ1) is 15.6. The number of hydrogen-bond donors (Lipinski definition) is 1. The summed E-state index contributed by atoms with van der Waals surface area (Å²) >= 11 is 0. The molecule has 0 spiro atoms. The molecule has 1 aliphatic carbocycles. The Balaban J connectivity index is 1.34. The molecule has 1 unspecified atom stereocenters. The Hall–Kier alpha value is -2.33. The molecule has 2 aromatic rings. The molecule has 3 heterocycles. The number of amides is 1. The first-order valence-corrected chi connectivity index (χ1v) is 12.5. The topological polar surface area (TPSA) is 41.6 Å². The van der Waals surface area contributed by atoms with Crippen molar-refractivity contribution in [2.75, 3.05) is 19.6 Å². The van der Waals surface area contributed by atoms with E-state index in [1.807, 2.05) is 0 Å². The highest BCUT2D eigenvalue weighted by Crippen LogP contribution is 2.46. The second-order valence-corrected chi connectivity index (χ2v) is 12.1. The standard InChI is InChI=1S/C29H38N2O2/c1-28(2,3)23-8-6-7-20(16-23)21-9-10-24-22(15-21)17-29(4,5)26(24)30-27(32)33-25-18-31-13-11-19(25)12-14-31/h6-10,15-16,19,25-26H,11-14,17-18H2,1-5H3,(H,30,32)/t25-,26?/m1/s1. The number of rotatable bonds is 3. The van der Waals surface area contributed by atoms with Crippen LogP contribution in [0.3, 0.4) is 0 Å². The largest absolute Gasteiger partial charge is 0.445 e. The Morgan fingerprint density at radius 2 is 1.79 bits per heavy atom. The molecule has 3 saturated heterocycles. The highest BCUT2D eigenvalue weighted by molar-refractivity contribution is 5.70. The van der Waals surface area contributed by atoms with Gasteiger partial charge in [0.25, 0.3) is 0 Å². The van der Waals surface area contributed by atoms with Crippen LogP contribution < -0.4 is 5.32 Å². The molecular formula is C29H38N2O2. The molecule has 0 saturated carbocycles. The van der Waals surface area contributed by atoms with Crippen LogP contribution in [-0.2, 0) is 16.6 Å². The number of alkyl carbamates (subject to hydrolysis) is 1. The van der Waals surface area contributed by atoms with Gasteiger partial charge in [-0.1, -0.05) is 77.1 Å². The van der Waals surface area contributed by atoms with E-state index < -0.39 is 0 Å². The van der Waals surface area contributed by atoms with Crippen molar-refractivity contribution in [1.29, 1.82) is 0 Å². The molecule has 6 rings (SSSR count). The van der Waals surface area contributed by atoms with Crippen molar-refractivity contribution < 1.29 is 9.53 Å². The molecular weight excluding hydrogens is 408 g/mol. The Bertz CT molecular complexity index is 1040. The highest BCUT2D eigenvalue weighted by atomic mass is 16.6. The zero-order valence-corrected chi connectivity index (χ0v) is 20.8. The van der Waals surface area contributed by atoms with Gasteiger partial charge in [-0.05, 0) is 76.9 Å². The summed E-state index contributed by atoms with van der Waals surface area (Å²) < 4.78 is 5.94. The average Bonchev–Trinajstić information content (AvgIpc) is 3.02. The molecule has 3 aliphatic heterocycles. The van der Waals surface area contributed by atoms with Crippen LogP contribution in [0.4, 0.5) is 4.79 Å². The third-order valence-electron chi connectivity index (χ3n) is 8.06. The summed E-state index contributed by atoms with van der Waals surface area (Å²) in [4.78, 5) is 15.3. The quantitative estimate of drug-likeness (QED) is 0.620. The average molecular weight is 447 g/mol. The lowest BCUT2D eigenvalue weighted by molar-refractivity contribution is -0.0348. The van der Waals surface area contributed by atoms with Crippen LogP contribution in [0.2, 0.25) is 0 Å². The number of fused-ring (bicyclic) bond motifs is 4. The van der Waals surface area contributed by atoms with Gasteiger partial charge in [0.15, 0.2) is 0 Å². The van der Waals surface area contributed by atoms with Crippen molar-refractivity contribution >= 4 is 6.09 Å². The van der Waals surface area contributed by atoms with E-state index in [1.165, 1.54) is 27.8 Å². The van der Waals surface area contributed by atoms with Gasteiger partial charge in [-0.2, -0.15) is 0 Å². The summed E-state index contributed by atoms with van der Waals surface area (Å²) in [7, 11) is 0. The Morgan fingerprint density at radius 3 is 2.45 bits per heavy atom. The lowest BCUT2D eigenvalue weighted by atomic mass is 9.85. The van der Waals surface area contributed by atoms with Crippen LogP contribution in [0.1, 0.15) is 70.2 Å². The predicted octanol–water partition coefficient (Wildman–Crippen LogP) is 6.09. The molecule has 0 radical (unpaired) electrons. The zero-order valence-electron chi connectivity index (χ0n) is 20.8. The number of nitrogens with zero attached hydrogens (tertiary/aromatic N) is 1. The molecule has 4 aliphatic rings. The minimum atomic E-state index is -0.262. The smallest absolute Gasteiger partial charge is 0.407 e. The van der Waals surface area contributed by atoms with Gasteiger partial charge in [0.05, 0.1) is 6.04 Å². The molecule has 1 N–H and O–H groups in total. The third-order valence-corrected chi connectivity index (χ3v) is 8.06. The molecule has 3 fully saturated rings. The second-order valence-electron chi connectivity index (χ2n) is 12.1. The fourth-order valence-electron chi connectivity index (χ4n) is 6.01. The van der Waals surface area contributed by atoms with E-state index >= 15 is 0 Å². The van der Waals surface area contributed by atoms with Gasteiger partial charge in [-0.15, -0.1) is 0 Å². The number of carbonyl (C=O) groups excluding carboxylic acids is 1. The fraction of sp³-hybridized carbons (Fsp3) is 0.552. The molecule has 0 aromatic heterocycles. The maximum absolute atomic E-state index is 12.9. The summed E-state index contributed by atoms with van der Waals surface area (Å²) in [6, 6.07) is 15.6. The van der Waals surface area contributed by atoms with Crippen molar-refractivity contribution in [3.63, 3.8) is 0 Å². The number of hydrogen-bond acceptors (Lipinski definition) is 3. The van der Waals surface area contributed by atoms with Crippen LogP contribution >= 0.6 is 0 Å². The first kappa shape index (κ1) is 22.5. The predicted molar refractivity (Wildman–Crippen MR) is 133 cm³/mol.